The van der Waals surface area contributed by atoms with E-state index < -0.39 is 87.2 Å². The molecule has 4 aromatic rings. The van der Waals surface area contributed by atoms with Crippen LogP contribution in [0.2, 0.25) is 0 Å². The number of pyridine rings is 2. The number of carboxylic acids is 1. The largest absolute Gasteiger partial charge is 0.491 e. The number of hydrogen-bond acceptors (Lipinski definition) is 19. The fourth-order valence-corrected chi connectivity index (χ4v) is 7.93. The SMILES string of the molecule is CC(=O)Nc1cccc2c1C(=O)OC2=O.CC(=O)O.[2H]C([2H])([2H])Oc1ccc([C@@H](N)CS(C)(=O)=O)nc1OCC.[2H]C([2H])([2H])Oc1ccc([C@H](CS(C)(=O)=O)N2C(=O)c3cccc(NC(C)=O)c3C2=O)nc1OCC. The van der Waals surface area contributed by atoms with E-state index in [-0.39, 0.29) is 87.5 Å². The average molecular weight is 1010 g/mol. The van der Waals surface area contributed by atoms with E-state index in [0.29, 0.717) is 5.69 Å². The first-order valence-electron chi connectivity index (χ1n) is 23.0. The van der Waals surface area contributed by atoms with Crippen molar-refractivity contribution in [2.75, 3.05) is 61.9 Å². The number of aromatic nitrogens is 2. The standard InChI is InChI=1S/C21H23N3O7S.C11H18N2O4S.C10H7NO4.C2H4O2/c1-5-31-19-17(30-3)10-9-14(23-19)16(11-32(4,28)29)24-20(26)13-7-6-8-15(22-12(2)25)18(13)21(24)27;1-4-17-11-10(16-2)6-5-9(13-11)8(12)7-18(3,14)15;1-5(12)11-7-4-2-3-6-8(7)10(14)15-9(6)13;1-2(3)4/h6-10,16H,5,11H2,1-4H3,(H,22,25);5-6,8H,4,7,12H2,1-3H3;2-4H,1H3,(H,11,12);1H3,(H,3,4)/t16-;8-;;/m00../s1/i3D3;2D3;;. The highest BCUT2D eigenvalue weighted by atomic mass is 32.2. The zero-order valence-corrected chi connectivity index (χ0v) is 39.6. The topological polar surface area (TPSA) is 333 Å². The van der Waals surface area contributed by atoms with Gasteiger partial charge in [-0.1, -0.05) is 12.1 Å². The van der Waals surface area contributed by atoms with Gasteiger partial charge in [0, 0.05) is 33.3 Å². The lowest BCUT2D eigenvalue weighted by atomic mass is 10.1. The minimum atomic E-state index is -3.75. The summed E-state index contributed by atoms with van der Waals surface area (Å²) in [7, 11) is -12.5. The Balaban J connectivity index is 0.000000312. The number of carbonyl (C=O) groups excluding carboxylic acids is 6. The fraction of sp³-hybridized carbons (Fsp3) is 0.341. The highest BCUT2D eigenvalue weighted by Gasteiger charge is 2.44. The predicted molar refractivity (Wildman–Crippen MR) is 248 cm³/mol. The Labute approximate surface area is 405 Å². The Morgan fingerprint density at radius 3 is 1.64 bits per heavy atom. The molecule has 5 N–H and O–H groups in total. The van der Waals surface area contributed by atoms with E-state index in [1.54, 1.807) is 26.0 Å². The van der Waals surface area contributed by atoms with Crippen LogP contribution >= 0.6 is 0 Å². The summed E-state index contributed by atoms with van der Waals surface area (Å²) in [6.07, 6.45) is 2.01. The maximum absolute atomic E-state index is 13.4. The number of nitrogens with one attached hydrogen (secondary N) is 2. The van der Waals surface area contributed by atoms with Gasteiger partial charge in [-0.15, -0.1) is 0 Å². The molecule has 0 spiro atoms. The van der Waals surface area contributed by atoms with Crippen molar-refractivity contribution in [2.45, 2.75) is 46.7 Å². The van der Waals surface area contributed by atoms with E-state index >= 15 is 0 Å². The molecule has 4 amide bonds. The van der Waals surface area contributed by atoms with Gasteiger partial charge in [0.1, 0.15) is 19.7 Å². The van der Waals surface area contributed by atoms with Crippen molar-refractivity contribution >= 4 is 72.6 Å². The molecule has 2 atom stereocenters. The third-order valence-corrected chi connectivity index (χ3v) is 10.6. The summed E-state index contributed by atoms with van der Waals surface area (Å²) in [4.78, 5) is 89.5. The van der Waals surface area contributed by atoms with Crippen LogP contribution in [0.15, 0.2) is 60.7 Å². The summed E-state index contributed by atoms with van der Waals surface area (Å²) in [5.74, 6) is -6.06. The minimum Gasteiger partial charge on any atom is -0.491 e. The predicted octanol–water partition coefficient (Wildman–Crippen LogP) is 3.41. The van der Waals surface area contributed by atoms with Crippen LogP contribution in [0.4, 0.5) is 11.4 Å². The number of nitrogens with two attached hydrogens (primary N) is 1. The Kier molecular flexibility index (Phi) is 16.5. The van der Waals surface area contributed by atoms with Crippen molar-refractivity contribution in [1.29, 1.82) is 0 Å². The molecule has 0 bridgehead atoms. The van der Waals surface area contributed by atoms with E-state index in [1.165, 1.54) is 62.4 Å². The van der Waals surface area contributed by atoms with Gasteiger partial charge >= 0.3 is 11.9 Å². The molecule has 25 heteroatoms. The molecule has 0 saturated heterocycles. The zero-order chi connectivity index (χ0) is 57.0. The number of esters is 2. The number of benzene rings is 2. The molecule has 4 heterocycles. The van der Waals surface area contributed by atoms with Gasteiger partial charge < -0.3 is 45.2 Å². The lowest BCUT2D eigenvalue weighted by molar-refractivity contribution is -0.134. The van der Waals surface area contributed by atoms with Crippen molar-refractivity contribution < 1.29 is 87.4 Å². The first kappa shape index (κ1) is 46.6. The highest BCUT2D eigenvalue weighted by molar-refractivity contribution is 7.90. The fourth-order valence-electron chi connectivity index (χ4n) is 6.21. The molecule has 2 aromatic carbocycles. The van der Waals surface area contributed by atoms with Gasteiger partial charge in [-0.25, -0.2) is 36.4 Å². The molecule has 23 nitrogen and oxygen atoms in total. The molecule has 2 aliphatic heterocycles. The van der Waals surface area contributed by atoms with Crippen molar-refractivity contribution in [3.8, 4) is 23.3 Å². The number of imide groups is 1. The van der Waals surface area contributed by atoms with Crippen molar-refractivity contribution in [3.05, 3.63) is 94.3 Å². The van der Waals surface area contributed by atoms with E-state index in [1.807, 2.05) is 0 Å². The van der Waals surface area contributed by atoms with Crippen molar-refractivity contribution in [2.24, 2.45) is 5.73 Å². The number of cyclic esters (lactones) is 2. The average Bonchev–Trinajstić information content (AvgIpc) is 3.69. The zero-order valence-electron chi connectivity index (χ0n) is 44.0. The summed E-state index contributed by atoms with van der Waals surface area (Å²) < 4.78 is 115. The third-order valence-electron chi connectivity index (χ3n) is 8.69. The van der Waals surface area contributed by atoms with Gasteiger partial charge in [-0.05, 0) is 62.4 Å². The molecule has 69 heavy (non-hydrogen) atoms. The molecule has 0 unspecified atom stereocenters. The second-order valence-electron chi connectivity index (χ2n) is 14.5. The minimum absolute atomic E-state index is 0.00728. The Morgan fingerprint density at radius 1 is 0.710 bits per heavy atom. The number of carbonyl (C=O) groups is 7. The van der Waals surface area contributed by atoms with E-state index in [0.717, 1.165) is 24.3 Å². The molecule has 0 saturated carbocycles. The van der Waals surface area contributed by atoms with E-state index in [4.69, 9.17) is 42.8 Å². The summed E-state index contributed by atoms with van der Waals surface area (Å²) >= 11 is 0. The smallest absolute Gasteiger partial charge is 0.349 e. The number of anilines is 2. The number of methoxy groups -OCH3 is 2. The number of hydrogen-bond donors (Lipinski definition) is 4. The number of aliphatic carboxylic acids is 1. The van der Waals surface area contributed by atoms with Gasteiger partial charge in [0.2, 0.25) is 11.8 Å². The molecule has 6 rings (SSSR count). The Hall–Kier alpha value is -7.51. The van der Waals surface area contributed by atoms with Gasteiger partial charge in [0.25, 0.3) is 29.5 Å². The number of amides is 4. The second-order valence-corrected chi connectivity index (χ2v) is 18.8. The summed E-state index contributed by atoms with van der Waals surface area (Å²) in [5.41, 5.74) is 6.66. The molecule has 2 aromatic heterocycles. The molecule has 372 valence electrons. The van der Waals surface area contributed by atoms with E-state index in [9.17, 15) is 45.6 Å². The summed E-state index contributed by atoms with van der Waals surface area (Å²) in [6, 6.07) is 12.0. The molecular weight excluding hydrogens is 949 g/mol. The number of carboxylic acid groups (broad SMARTS) is 1. The van der Waals surface area contributed by atoms with Crippen LogP contribution in [-0.2, 0) is 38.8 Å². The van der Waals surface area contributed by atoms with Crippen LogP contribution in [0.3, 0.4) is 0 Å². The molecule has 0 fully saturated rings. The van der Waals surface area contributed by atoms with Crippen molar-refractivity contribution in [1.82, 2.24) is 14.9 Å². The first-order valence-corrected chi connectivity index (χ1v) is 24.1. The monoisotopic (exact) mass is 1010 g/mol. The van der Waals surface area contributed by atoms with Crippen LogP contribution in [0.25, 0.3) is 0 Å². The second kappa shape index (κ2) is 24.5. The lowest BCUT2D eigenvalue weighted by Gasteiger charge is -2.26. The number of nitrogens with zero attached hydrogens (tertiary/aromatic N) is 3. The van der Waals surface area contributed by atoms with Gasteiger partial charge in [0.15, 0.2) is 11.5 Å². The number of fused-ring (bicyclic) bond motifs is 2. The quantitative estimate of drug-likeness (QED) is 0.0753. The van der Waals surface area contributed by atoms with Crippen LogP contribution in [0.1, 0.15) is 108 Å². The van der Waals surface area contributed by atoms with Crippen LogP contribution in [0, 0.1) is 0 Å². The first-order chi connectivity index (χ1) is 34.6. The Bertz CT molecular complexity index is 3060. The number of rotatable bonds is 15. The van der Waals surface area contributed by atoms with Crippen molar-refractivity contribution in [3.63, 3.8) is 0 Å². The third kappa shape index (κ3) is 15.8. The molecular formula is C44H52N6O17S2. The summed E-state index contributed by atoms with van der Waals surface area (Å²) in [6.45, 7) is 7.29. The van der Waals surface area contributed by atoms with Gasteiger partial charge in [0.05, 0.1) is 104 Å². The molecule has 0 aliphatic carbocycles. The number of ether oxygens (including phenoxy) is 5. The van der Waals surface area contributed by atoms with Gasteiger partial charge in [-0.3, -0.25) is 28.9 Å². The molecule has 0 radical (unpaired) electrons. The normalized spacial score (nSPS) is 14.9. The van der Waals surface area contributed by atoms with Crippen LogP contribution < -0.4 is 35.3 Å². The van der Waals surface area contributed by atoms with E-state index in [2.05, 4.69) is 25.3 Å². The number of sulfone groups is 2. The molecule has 2 aliphatic rings. The van der Waals surface area contributed by atoms with Crippen LogP contribution in [-0.4, -0.2) is 130 Å². The maximum atomic E-state index is 13.4. The van der Waals surface area contributed by atoms with Crippen LogP contribution in [0.5, 0.6) is 23.3 Å². The highest BCUT2D eigenvalue weighted by Crippen LogP contribution is 2.37. The maximum Gasteiger partial charge on any atom is 0.349 e. The lowest BCUT2D eigenvalue weighted by Crippen LogP contribution is -2.38. The van der Waals surface area contributed by atoms with Gasteiger partial charge in [-0.2, -0.15) is 0 Å². The summed E-state index contributed by atoms with van der Waals surface area (Å²) in [5, 5.41) is 12.4. The Morgan fingerprint density at radius 2 is 1.17 bits per heavy atom.